The van der Waals surface area contributed by atoms with E-state index in [0.717, 1.165) is 57.8 Å². The summed E-state index contributed by atoms with van der Waals surface area (Å²) in [5.41, 5.74) is 0. The minimum atomic E-state index is -0.804. The Kier molecular flexibility index (Phi) is 44.2. The van der Waals surface area contributed by atoms with Crippen LogP contribution in [0.25, 0.3) is 0 Å². The Bertz CT molecular complexity index is 1110. The van der Waals surface area contributed by atoms with Crippen LogP contribution in [0.3, 0.4) is 0 Å². The molecule has 0 aromatic heterocycles. The van der Waals surface area contributed by atoms with Crippen molar-refractivity contribution in [1.82, 2.24) is 5.32 Å². The van der Waals surface area contributed by atoms with Gasteiger partial charge in [-0.05, 0) is 64.2 Å². The quantitative estimate of drug-likeness (QED) is 0.0246. The maximum atomic E-state index is 13.2. The van der Waals surface area contributed by atoms with Crippen molar-refractivity contribution in [3.63, 3.8) is 0 Å². The Morgan fingerprint density at radius 3 is 1.44 bits per heavy atom. The second kappa shape index (κ2) is 46.4. The first kappa shape index (κ1) is 56.3. The van der Waals surface area contributed by atoms with E-state index in [1.807, 2.05) is 54.7 Å². The predicted octanol–water partition coefficient (Wildman–Crippen LogP) is 14.6. The number of ether oxygens (including phenoxy) is 1. The molecule has 0 aromatic carbocycles. The summed E-state index contributed by atoms with van der Waals surface area (Å²) in [6.07, 6.45) is 58.2. The summed E-state index contributed by atoms with van der Waals surface area (Å²) in [7, 11) is 0. The molecule has 0 fully saturated rings. The summed E-state index contributed by atoms with van der Waals surface area (Å²) < 4.78 is 5.88. The van der Waals surface area contributed by atoms with Gasteiger partial charge in [0.05, 0.1) is 25.2 Å². The van der Waals surface area contributed by atoms with E-state index in [1.165, 1.54) is 116 Å². The molecule has 3 unspecified atom stereocenters. The molecule has 3 N–H and O–H groups in total. The molecule has 3 atom stereocenters. The van der Waals surface area contributed by atoms with Crippen LogP contribution in [0, 0.1) is 0 Å². The number of aliphatic hydroxyl groups is 2. The molecular formula is C53H93NO5. The lowest BCUT2D eigenvalue weighted by Crippen LogP contribution is -2.46. The van der Waals surface area contributed by atoms with Gasteiger partial charge in [-0.25, -0.2) is 0 Å². The van der Waals surface area contributed by atoms with Gasteiger partial charge in [-0.15, -0.1) is 0 Å². The highest BCUT2D eigenvalue weighted by molar-refractivity contribution is 5.77. The first-order chi connectivity index (χ1) is 29.0. The zero-order valence-corrected chi connectivity index (χ0v) is 38.6. The van der Waals surface area contributed by atoms with Gasteiger partial charge in [0.25, 0.3) is 0 Å². The number of hydrogen-bond acceptors (Lipinski definition) is 5. The first-order valence-electron chi connectivity index (χ1n) is 24.7. The molecule has 340 valence electrons. The average molecular weight is 824 g/mol. The number of nitrogens with one attached hydrogen (secondary N) is 1. The van der Waals surface area contributed by atoms with Gasteiger partial charge in [0.1, 0.15) is 6.10 Å². The van der Waals surface area contributed by atoms with E-state index in [9.17, 15) is 19.8 Å². The van der Waals surface area contributed by atoms with Crippen molar-refractivity contribution in [3.8, 4) is 0 Å². The molecular weight excluding hydrogens is 731 g/mol. The molecule has 0 bridgehead atoms. The van der Waals surface area contributed by atoms with Gasteiger partial charge in [-0.2, -0.15) is 0 Å². The highest BCUT2D eigenvalue weighted by Crippen LogP contribution is 2.17. The van der Waals surface area contributed by atoms with Crippen LogP contribution in [0.1, 0.15) is 226 Å². The number of hydrogen-bond donors (Lipinski definition) is 3. The maximum Gasteiger partial charge on any atom is 0.306 e. The molecule has 0 saturated carbocycles. The monoisotopic (exact) mass is 824 g/mol. The average Bonchev–Trinajstić information content (AvgIpc) is 3.23. The minimum absolute atomic E-state index is 0.0408. The van der Waals surface area contributed by atoms with E-state index in [-0.39, 0.29) is 24.9 Å². The summed E-state index contributed by atoms with van der Waals surface area (Å²) in [4.78, 5) is 26.0. The van der Waals surface area contributed by atoms with E-state index in [1.54, 1.807) is 0 Å². The van der Waals surface area contributed by atoms with Crippen molar-refractivity contribution < 1.29 is 24.5 Å². The zero-order valence-electron chi connectivity index (χ0n) is 38.6. The number of carbonyl (C=O) groups is 2. The highest BCUT2D eigenvalue weighted by Gasteiger charge is 2.24. The standard InChI is InChI=1S/C53H93NO5/c1-4-7-10-13-16-19-22-25-28-30-33-36-39-42-45-51(56)50(48-55)54-52(57)47-49(44-41-38-35-32-29-26-23-20-17-14-11-8-5-2)59-53(58)46-43-40-37-34-31-27-24-21-18-15-12-9-6-3/h9,12,15,18,20-21,23-24,27,31,34,37,49-51,55-56H,4-8,10-11,13-14,16-17,19,22,25-26,28-30,32-33,35-36,38-48H2,1-3H3,(H,54,57)/b12-9+,18-15+,23-20-,24-21-,31-27-,37-34+. The number of rotatable bonds is 43. The summed E-state index contributed by atoms with van der Waals surface area (Å²) in [5, 5.41) is 23.7. The van der Waals surface area contributed by atoms with Crippen molar-refractivity contribution >= 4 is 11.9 Å². The molecule has 0 aromatic rings. The van der Waals surface area contributed by atoms with Crippen LogP contribution < -0.4 is 5.32 Å². The van der Waals surface area contributed by atoms with Crippen molar-refractivity contribution in [1.29, 1.82) is 0 Å². The van der Waals surface area contributed by atoms with Crippen LogP contribution in [-0.4, -0.2) is 46.9 Å². The molecule has 0 spiro atoms. The maximum absolute atomic E-state index is 13.2. The van der Waals surface area contributed by atoms with Crippen LogP contribution in [0.5, 0.6) is 0 Å². The predicted molar refractivity (Wildman–Crippen MR) is 255 cm³/mol. The normalized spacial score (nSPS) is 13.9. The number of allylic oxidation sites excluding steroid dienone is 12. The zero-order chi connectivity index (χ0) is 43.1. The van der Waals surface area contributed by atoms with Crippen molar-refractivity contribution in [2.75, 3.05) is 6.61 Å². The summed E-state index contributed by atoms with van der Waals surface area (Å²) >= 11 is 0. The molecule has 1 amide bonds. The van der Waals surface area contributed by atoms with Crippen molar-refractivity contribution in [3.05, 3.63) is 72.9 Å². The van der Waals surface area contributed by atoms with E-state index in [0.29, 0.717) is 25.7 Å². The van der Waals surface area contributed by atoms with Gasteiger partial charge in [0.15, 0.2) is 0 Å². The summed E-state index contributed by atoms with van der Waals surface area (Å²) in [6, 6.07) is -0.720. The van der Waals surface area contributed by atoms with Gasteiger partial charge in [0, 0.05) is 6.42 Å². The molecule has 6 nitrogen and oxygen atoms in total. The highest BCUT2D eigenvalue weighted by atomic mass is 16.5. The van der Waals surface area contributed by atoms with Gasteiger partial charge in [0.2, 0.25) is 5.91 Å². The Labute approximate surface area is 364 Å². The number of amides is 1. The molecule has 0 aliphatic carbocycles. The second-order valence-electron chi connectivity index (χ2n) is 16.6. The number of unbranched alkanes of at least 4 members (excludes halogenated alkanes) is 23. The third-order valence-electron chi connectivity index (χ3n) is 10.9. The fraction of sp³-hybridized carbons (Fsp3) is 0.736. The lowest BCUT2D eigenvalue weighted by molar-refractivity contribution is -0.151. The first-order valence-corrected chi connectivity index (χ1v) is 24.7. The smallest absolute Gasteiger partial charge is 0.306 e. The van der Waals surface area contributed by atoms with E-state index >= 15 is 0 Å². The Morgan fingerprint density at radius 2 is 0.932 bits per heavy atom. The lowest BCUT2D eigenvalue weighted by atomic mass is 10.0. The van der Waals surface area contributed by atoms with Crippen LogP contribution in [0.2, 0.25) is 0 Å². The Balaban J connectivity index is 4.69. The van der Waals surface area contributed by atoms with Crippen LogP contribution >= 0.6 is 0 Å². The molecule has 0 heterocycles. The van der Waals surface area contributed by atoms with E-state index < -0.39 is 18.2 Å². The summed E-state index contributed by atoms with van der Waals surface area (Å²) in [5.74, 6) is -0.573. The van der Waals surface area contributed by atoms with E-state index in [4.69, 9.17) is 4.74 Å². The third-order valence-corrected chi connectivity index (χ3v) is 10.9. The Hall–Kier alpha value is -2.70. The molecule has 6 heteroatoms. The van der Waals surface area contributed by atoms with Crippen LogP contribution in [0.15, 0.2) is 72.9 Å². The largest absolute Gasteiger partial charge is 0.462 e. The molecule has 0 radical (unpaired) electrons. The van der Waals surface area contributed by atoms with E-state index in [2.05, 4.69) is 44.3 Å². The van der Waals surface area contributed by atoms with Gasteiger partial charge in [-0.3, -0.25) is 9.59 Å². The number of aliphatic hydroxyl groups excluding tert-OH is 2. The third kappa shape index (κ3) is 41.8. The Morgan fingerprint density at radius 1 is 0.508 bits per heavy atom. The fourth-order valence-electron chi connectivity index (χ4n) is 7.16. The topological polar surface area (TPSA) is 95.9 Å². The molecule has 0 rings (SSSR count). The van der Waals surface area contributed by atoms with Crippen LogP contribution in [0.4, 0.5) is 0 Å². The summed E-state index contributed by atoms with van der Waals surface area (Å²) in [6.45, 7) is 6.30. The molecule has 0 saturated heterocycles. The molecule has 0 aliphatic heterocycles. The molecule has 0 aliphatic rings. The fourth-order valence-corrected chi connectivity index (χ4v) is 7.16. The second-order valence-corrected chi connectivity index (χ2v) is 16.6. The van der Waals surface area contributed by atoms with Crippen LogP contribution in [-0.2, 0) is 14.3 Å². The molecule has 59 heavy (non-hydrogen) atoms. The minimum Gasteiger partial charge on any atom is -0.462 e. The number of carbonyl (C=O) groups excluding carboxylic acids is 2. The van der Waals surface area contributed by atoms with Crippen molar-refractivity contribution in [2.24, 2.45) is 0 Å². The SMILES string of the molecule is CC/C=C/C=C/C=C\C=C/C=C/CCCC(=O)OC(CCCCCCC/C=C\CCCCCC)CC(=O)NC(CO)C(O)CCCCCCCCCCCCCCCC. The van der Waals surface area contributed by atoms with Crippen molar-refractivity contribution in [2.45, 2.75) is 244 Å². The van der Waals surface area contributed by atoms with Gasteiger partial charge in [-0.1, -0.05) is 222 Å². The lowest BCUT2D eigenvalue weighted by Gasteiger charge is -2.24. The van der Waals surface area contributed by atoms with Gasteiger partial charge < -0.3 is 20.3 Å². The number of esters is 1. The van der Waals surface area contributed by atoms with Gasteiger partial charge >= 0.3 is 5.97 Å².